The topological polar surface area (TPSA) is 79.9 Å². The molecule has 1 aliphatic heterocycles. The molecule has 0 atom stereocenters. The highest BCUT2D eigenvalue weighted by atomic mass is 32.1. The molecule has 8 nitrogen and oxygen atoms in total. The number of methoxy groups -OCH3 is 3. The Balaban J connectivity index is 1.86. The number of piperazine rings is 1. The zero-order valence-electron chi connectivity index (χ0n) is 18.6. The highest BCUT2D eigenvalue weighted by molar-refractivity contribution is 7.80. The van der Waals surface area contributed by atoms with Gasteiger partial charge >= 0.3 is 0 Å². The lowest BCUT2D eigenvalue weighted by Gasteiger charge is -2.34. The van der Waals surface area contributed by atoms with Gasteiger partial charge in [-0.15, -0.1) is 0 Å². The Bertz CT molecular complexity index is 1220. The summed E-state index contributed by atoms with van der Waals surface area (Å²) in [6.07, 6.45) is 0. The predicted octanol–water partition coefficient (Wildman–Crippen LogP) is 2.54. The molecule has 1 fully saturated rings. The summed E-state index contributed by atoms with van der Waals surface area (Å²) in [6, 6.07) is 8.99. The van der Waals surface area contributed by atoms with Crippen LogP contribution < -0.4 is 19.8 Å². The first kappa shape index (κ1) is 22.0. The summed E-state index contributed by atoms with van der Waals surface area (Å²) in [5.74, 6) is 2.07. The van der Waals surface area contributed by atoms with Crippen molar-refractivity contribution in [2.24, 2.45) is 0 Å². The Labute approximate surface area is 191 Å². The van der Waals surface area contributed by atoms with Gasteiger partial charge in [-0.05, 0) is 25.2 Å². The monoisotopic (exact) mass is 454 g/mol. The first-order valence-corrected chi connectivity index (χ1v) is 10.7. The molecule has 0 unspecified atom stereocenters. The average molecular weight is 455 g/mol. The van der Waals surface area contributed by atoms with Crippen LogP contribution in [-0.4, -0.2) is 79.3 Å². The van der Waals surface area contributed by atoms with Crippen LogP contribution in [0.15, 0.2) is 35.1 Å². The second kappa shape index (κ2) is 9.13. The number of nitrogens with zero attached hydrogens (tertiary/aromatic N) is 3. The number of benzene rings is 2. The van der Waals surface area contributed by atoms with Crippen molar-refractivity contribution in [1.29, 1.82) is 0 Å². The number of nitrogens with one attached hydrogen (secondary N) is 1. The molecule has 0 spiro atoms. The fraction of sp³-hybridized carbons (Fsp3) is 0.348. The number of thiocarbonyl (C=S) groups is 1. The summed E-state index contributed by atoms with van der Waals surface area (Å²) in [4.78, 5) is 25.8. The van der Waals surface area contributed by atoms with Gasteiger partial charge in [0, 0.05) is 49.4 Å². The molecule has 168 valence electrons. The Morgan fingerprint density at radius 3 is 2.38 bits per heavy atom. The largest absolute Gasteiger partial charge is 0.497 e. The van der Waals surface area contributed by atoms with Gasteiger partial charge in [0.05, 0.1) is 26.8 Å². The van der Waals surface area contributed by atoms with Gasteiger partial charge in [-0.3, -0.25) is 4.79 Å². The maximum Gasteiger partial charge on any atom is 0.262 e. The smallest absolute Gasteiger partial charge is 0.262 e. The SMILES string of the molecule is COc1ccc(-c2nc3cc(OC)cc(OC)c3c(=O)[nH]2)c(C(=S)N2CCN(C)CC2)c1. The Morgan fingerprint density at radius 1 is 1.00 bits per heavy atom. The quantitative estimate of drug-likeness (QED) is 0.590. The van der Waals surface area contributed by atoms with Gasteiger partial charge in [-0.2, -0.15) is 0 Å². The van der Waals surface area contributed by atoms with Crippen LogP contribution in [0.1, 0.15) is 5.56 Å². The van der Waals surface area contributed by atoms with Crippen LogP contribution in [0.3, 0.4) is 0 Å². The molecule has 0 saturated carbocycles. The Hall–Kier alpha value is -3.17. The minimum Gasteiger partial charge on any atom is -0.497 e. The summed E-state index contributed by atoms with van der Waals surface area (Å²) in [5, 5.41) is 0.369. The van der Waals surface area contributed by atoms with E-state index < -0.39 is 0 Å². The van der Waals surface area contributed by atoms with Gasteiger partial charge in [0.2, 0.25) is 0 Å². The molecule has 32 heavy (non-hydrogen) atoms. The summed E-state index contributed by atoms with van der Waals surface area (Å²) in [6.45, 7) is 3.54. The molecule has 0 amide bonds. The molecule has 1 aliphatic rings. The van der Waals surface area contributed by atoms with E-state index in [9.17, 15) is 4.79 Å². The molecule has 0 radical (unpaired) electrons. The van der Waals surface area contributed by atoms with Crippen molar-refractivity contribution in [3.63, 3.8) is 0 Å². The maximum absolute atomic E-state index is 13.0. The average Bonchev–Trinajstić information content (AvgIpc) is 2.82. The van der Waals surface area contributed by atoms with E-state index in [4.69, 9.17) is 31.4 Å². The number of H-pyrrole nitrogens is 1. The number of rotatable bonds is 5. The van der Waals surface area contributed by atoms with Crippen LogP contribution in [0, 0.1) is 0 Å². The molecule has 1 N–H and O–H groups in total. The summed E-state index contributed by atoms with van der Waals surface area (Å²) in [5.41, 5.74) is 1.71. The molecule has 3 aromatic rings. The fourth-order valence-corrected chi connectivity index (χ4v) is 4.18. The normalized spacial score (nSPS) is 14.4. The van der Waals surface area contributed by atoms with E-state index in [1.54, 1.807) is 26.4 Å². The second-order valence-electron chi connectivity index (χ2n) is 7.65. The second-order valence-corrected chi connectivity index (χ2v) is 8.03. The van der Waals surface area contributed by atoms with Gasteiger partial charge in [0.15, 0.2) is 0 Å². The van der Waals surface area contributed by atoms with Gasteiger partial charge in [0.1, 0.15) is 33.4 Å². The number of aromatic nitrogens is 2. The maximum atomic E-state index is 13.0. The van der Waals surface area contributed by atoms with E-state index in [2.05, 4.69) is 21.8 Å². The molecule has 1 aromatic heterocycles. The van der Waals surface area contributed by atoms with E-state index >= 15 is 0 Å². The van der Waals surface area contributed by atoms with Gasteiger partial charge in [-0.1, -0.05) is 12.2 Å². The number of fused-ring (bicyclic) bond motifs is 1. The van der Waals surface area contributed by atoms with Crippen LogP contribution in [0.25, 0.3) is 22.3 Å². The summed E-state index contributed by atoms with van der Waals surface area (Å²) >= 11 is 5.87. The fourth-order valence-electron chi connectivity index (χ4n) is 3.83. The standard InChI is InChI=1S/C23H26N4O4S/c1-26-7-9-27(10-8-26)23(32)17-11-14(29-2)5-6-16(17)21-24-18-12-15(30-3)13-19(31-4)20(18)22(28)25-21/h5-6,11-13H,7-10H2,1-4H3,(H,24,25,28). The number of hydrogen-bond acceptors (Lipinski definition) is 7. The molecule has 2 aromatic carbocycles. The van der Waals surface area contributed by atoms with Crippen LogP contribution in [0.5, 0.6) is 17.2 Å². The molecule has 2 heterocycles. The molecule has 1 saturated heterocycles. The van der Waals surface area contributed by atoms with E-state index in [1.165, 1.54) is 7.11 Å². The molecule has 9 heteroatoms. The van der Waals surface area contributed by atoms with Crippen LogP contribution >= 0.6 is 12.2 Å². The third-order valence-electron chi connectivity index (χ3n) is 5.70. The summed E-state index contributed by atoms with van der Waals surface area (Å²) in [7, 11) is 6.79. The number of aromatic amines is 1. The van der Waals surface area contributed by atoms with Crippen molar-refractivity contribution >= 4 is 28.1 Å². The lowest BCUT2D eigenvalue weighted by molar-refractivity contribution is 0.218. The zero-order valence-corrected chi connectivity index (χ0v) is 19.4. The molecule has 4 rings (SSSR count). The van der Waals surface area contributed by atoms with E-state index in [0.29, 0.717) is 39.0 Å². The zero-order chi connectivity index (χ0) is 22.8. The Kier molecular flexibility index (Phi) is 6.29. The number of likely N-dealkylation sites (N-methyl/N-ethyl adjacent to an activating group) is 1. The highest BCUT2D eigenvalue weighted by Crippen LogP contribution is 2.31. The number of hydrogen-bond donors (Lipinski definition) is 1. The van der Waals surface area contributed by atoms with Gasteiger partial charge in [-0.25, -0.2) is 4.98 Å². The highest BCUT2D eigenvalue weighted by Gasteiger charge is 2.22. The van der Waals surface area contributed by atoms with Crippen LogP contribution in [0.2, 0.25) is 0 Å². The third-order valence-corrected chi connectivity index (χ3v) is 6.18. The van der Waals surface area contributed by atoms with Gasteiger partial charge < -0.3 is 29.0 Å². The Morgan fingerprint density at radius 2 is 1.72 bits per heavy atom. The third kappa shape index (κ3) is 4.13. The minimum atomic E-state index is -0.295. The predicted molar refractivity (Wildman–Crippen MR) is 128 cm³/mol. The molecule has 0 aliphatic carbocycles. The van der Waals surface area contributed by atoms with E-state index in [-0.39, 0.29) is 5.56 Å². The lowest BCUT2D eigenvalue weighted by atomic mass is 10.0. The van der Waals surface area contributed by atoms with Crippen LogP contribution in [0.4, 0.5) is 0 Å². The number of ether oxygens (including phenoxy) is 3. The summed E-state index contributed by atoms with van der Waals surface area (Å²) < 4.78 is 16.2. The molecule has 0 bridgehead atoms. The van der Waals surface area contributed by atoms with E-state index in [1.807, 2.05) is 18.2 Å². The molecular formula is C23H26N4O4S. The first-order valence-electron chi connectivity index (χ1n) is 10.3. The van der Waals surface area contributed by atoms with Gasteiger partial charge in [0.25, 0.3) is 5.56 Å². The van der Waals surface area contributed by atoms with Crippen molar-refractivity contribution in [1.82, 2.24) is 19.8 Å². The van der Waals surface area contributed by atoms with Crippen molar-refractivity contribution in [2.45, 2.75) is 0 Å². The molecular weight excluding hydrogens is 428 g/mol. The minimum absolute atomic E-state index is 0.295. The van der Waals surface area contributed by atoms with Crippen molar-refractivity contribution in [3.05, 3.63) is 46.2 Å². The van der Waals surface area contributed by atoms with E-state index in [0.717, 1.165) is 37.3 Å². The lowest BCUT2D eigenvalue weighted by Crippen LogP contribution is -2.46. The van der Waals surface area contributed by atoms with Crippen molar-refractivity contribution in [3.8, 4) is 28.6 Å². The van der Waals surface area contributed by atoms with Crippen LogP contribution in [-0.2, 0) is 0 Å². The first-order chi connectivity index (χ1) is 15.4. The van der Waals surface area contributed by atoms with Crippen molar-refractivity contribution < 1.29 is 14.2 Å². The van der Waals surface area contributed by atoms with Crippen molar-refractivity contribution in [2.75, 3.05) is 54.6 Å².